The molecule has 1 atom stereocenters. The van der Waals surface area contributed by atoms with E-state index in [1.54, 1.807) is 0 Å². The lowest BCUT2D eigenvalue weighted by molar-refractivity contribution is 0.00208. The number of rotatable bonds is 11. The molecule has 1 heterocycles. The van der Waals surface area contributed by atoms with Gasteiger partial charge in [0, 0.05) is 39.3 Å². The molecule has 1 saturated heterocycles. The number of morpholine rings is 1. The Kier molecular flexibility index (Phi) is 9.12. The Morgan fingerprint density at radius 1 is 1.07 bits per heavy atom. The van der Waals surface area contributed by atoms with Gasteiger partial charge in [-0.15, -0.1) is 0 Å². The Balaban J connectivity index is 1.50. The molecule has 5 heteroatoms. The van der Waals surface area contributed by atoms with E-state index in [-0.39, 0.29) is 0 Å². The van der Waals surface area contributed by atoms with Gasteiger partial charge in [0.1, 0.15) is 0 Å². The Bertz CT molecular complexity index is 704. The molecule has 0 unspecified atom stereocenters. The van der Waals surface area contributed by atoms with Crippen molar-refractivity contribution in [2.75, 3.05) is 52.5 Å². The van der Waals surface area contributed by atoms with Crippen LogP contribution in [0, 0.1) is 6.92 Å². The summed E-state index contributed by atoms with van der Waals surface area (Å²) < 4.78 is 11.2. The summed E-state index contributed by atoms with van der Waals surface area (Å²) >= 11 is 0. The van der Waals surface area contributed by atoms with Crippen molar-refractivity contribution in [2.45, 2.75) is 26.2 Å². The fourth-order valence-electron chi connectivity index (χ4n) is 3.61. The predicted molar refractivity (Wildman–Crippen MR) is 116 cm³/mol. The number of aliphatic hydroxyl groups is 1. The number of aryl methyl sites for hydroxylation is 1. The average molecular weight is 399 g/mol. The van der Waals surface area contributed by atoms with Crippen LogP contribution in [0.3, 0.4) is 0 Å². The molecule has 0 aromatic heterocycles. The molecule has 2 aromatic rings. The highest BCUT2D eigenvalue weighted by molar-refractivity contribution is 5.25. The summed E-state index contributed by atoms with van der Waals surface area (Å²) in [5, 5.41) is 10.6. The molecule has 1 aliphatic rings. The number of benzene rings is 2. The zero-order valence-corrected chi connectivity index (χ0v) is 17.5. The Labute approximate surface area is 174 Å². The molecule has 1 fully saturated rings. The first-order valence-corrected chi connectivity index (χ1v) is 10.6. The zero-order valence-electron chi connectivity index (χ0n) is 17.5. The normalized spacial score (nSPS) is 16.2. The van der Waals surface area contributed by atoms with Gasteiger partial charge >= 0.3 is 0 Å². The Hall–Kier alpha value is -1.76. The van der Waals surface area contributed by atoms with Crippen LogP contribution in [0.1, 0.15) is 16.7 Å². The number of nitrogens with zero attached hydrogens (tertiary/aromatic N) is 2. The standard InChI is InChI=1S/C24H34N2O3/c1-21-7-5-6-10-23(21)17-26(12-11-25-13-15-28-16-14-25)18-24(27)20-29-19-22-8-3-2-4-9-22/h2-10,24,27H,11-20H2,1H3/t24-/m0/s1. The monoisotopic (exact) mass is 398 g/mol. The van der Waals surface area contributed by atoms with Crippen LogP contribution in [-0.2, 0) is 22.6 Å². The third-order valence-electron chi connectivity index (χ3n) is 5.38. The highest BCUT2D eigenvalue weighted by Crippen LogP contribution is 2.12. The summed E-state index contributed by atoms with van der Waals surface area (Å²) in [7, 11) is 0. The second kappa shape index (κ2) is 12.1. The zero-order chi connectivity index (χ0) is 20.3. The Morgan fingerprint density at radius 3 is 2.55 bits per heavy atom. The quantitative estimate of drug-likeness (QED) is 0.631. The van der Waals surface area contributed by atoms with Gasteiger partial charge in [-0.25, -0.2) is 0 Å². The molecule has 5 nitrogen and oxygen atoms in total. The van der Waals surface area contributed by atoms with Crippen molar-refractivity contribution in [3.63, 3.8) is 0 Å². The van der Waals surface area contributed by atoms with Crippen molar-refractivity contribution in [1.29, 1.82) is 0 Å². The van der Waals surface area contributed by atoms with Gasteiger partial charge in [-0.1, -0.05) is 54.6 Å². The molecule has 2 aromatic carbocycles. The predicted octanol–water partition coefficient (Wildman–Crippen LogP) is 2.71. The minimum atomic E-state index is -0.507. The van der Waals surface area contributed by atoms with Crippen LogP contribution >= 0.6 is 0 Å². The molecule has 0 amide bonds. The molecule has 0 saturated carbocycles. The van der Waals surface area contributed by atoms with Gasteiger partial charge in [0.2, 0.25) is 0 Å². The lowest BCUT2D eigenvalue weighted by Gasteiger charge is -2.31. The van der Waals surface area contributed by atoms with Gasteiger partial charge in [-0.05, 0) is 23.6 Å². The average Bonchev–Trinajstić information content (AvgIpc) is 2.75. The topological polar surface area (TPSA) is 45.2 Å². The summed E-state index contributed by atoms with van der Waals surface area (Å²) in [5.74, 6) is 0. The molecule has 29 heavy (non-hydrogen) atoms. The second-order valence-electron chi connectivity index (χ2n) is 7.77. The highest BCUT2D eigenvalue weighted by Gasteiger charge is 2.16. The van der Waals surface area contributed by atoms with Crippen LogP contribution < -0.4 is 0 Å². The van der Waals surface area contributed by atoms with Crippen molar-refractivity contribution < 1.29 is 14.6 Å². The van der Waals surface area contributed by atoms with Crippen molar-refractivity contribution in [2.24, 2.45) is 0 Å². The van der Waals surface area contributed by atoms with Crippen LogP contribution in [0.25, 0.3) is 0 Å². The maximum atomic E-state index is 10.6. The maximum Gasteiger partial charge on any atom is 0.0900 e. The molecule has 158 valence electrons. The number of ether oxygens (including phenoxy) is 2. The van der Waals surface area contributed by atoms with Gasteiger partial charge in [0.15, 0.2) is 0 Å². The van der Waals surface area contributed by atoms with Crippen molar-refractivity contribution >= 4 is 0 Å². The first-order chi connectivity index (χ1) is 14.2. The summed E-state index contributed by atoms with van der Waals surface area (Å²) in [6.45, 7) is 9.98. The fourth-order valence-corrected chi connectivity index (χ4v) is 3.61. The summed E-state index contributed by atoms with van der Waals surface area (Å²) in [6, 6.07) is 18.6. The van der Waals surface area contributed by atoms with Crippen molar-refractivity contribution in [3.05, 3.63) is 71.3 Å². The third kappa shape index (κ3) is 7.88. The van der Waals surface area contributed by atoms with E-state index in [1.165, 1.54) is 11.1 Å². The van der Waals surface area contributed by atoms with Crippen LogP contribution in [0.5, 0.6) is 0 Å². The lowest BCUT2D eigenvalue weighted by Crippen LogP contribution is -2.43. The van der Waals surface area contributed by atoms with Crippen LogP contribution in [0.15, 0.2) is 54.6 Å². The summed E-state index contributed by atoms with van der Waals surface area (Å²) in [5.41, 5.74) is 3.73. The first-order valence-electron chi connectivity index (χ1n) is 10.6. The van der Waals surface area contributed by atoms with Crippen LogP contribution in [-0.4, -0.2) is 73.6 Å². The minimum absolute atomic E-state index is 0.344. The van der Waals surface area contributed by atoms with Gasteiger partial charge in [0.05, 0.1) is 32.5 Å². The molecular weight excluding hydrogens is 364 g/mol. The van der Waals surface area contributed by atoms with Gasteiger partial charge in [-0.2, -0.15) is 0 Å². The molecule has 0 radical (unpaired) electrons. The van der Waals surface area contributed by atoms with Gasteiger partial charge in [0.25, 0.3) is 0 Å². The van der Waals surface area contributed by atoms with E-state index in [9.17, 15) is 5.11 Å². The van der Waals surface area contributed by atoms with E-state index >= 15 is 0 Å². The van der Waals surface area contributed by atoms with Crippen LogP contribution in [0.4, 0.5) is 0 Å². The smallest absolute Gasteiger partial charge is 0.0900 e. The van der Waals surface area contributed by atoms with E-state index in [2.05, 4.69) is 41.0 Å². The van der Waals surface area contributed by atoms with Crippen molar-refractivity contribution in [3.8, 4) is 0 Å². The largest absolute Gasteiger partial charge is 0.389 e. The molecule has 0 bridgehead atoms. The molecule has 1 aliphatic heterocycles. The van der Waals surface area contributed by atoms with E-state index in [0.717, 1.165) is 51.5 Å². The lowest BCUT2D eigenvalue weighted by atomic mass is 10.1. The Morgan fingerprint density at radius 2 is 1.79 bits per heavy atom. The number of hydrogen-bond donors (Lipinski definition) is 1. The molecule has 0 aliphatic carbocycles. The maximum absolute atomic E-state index is 10.6. The molecule has 3 rings (SSSR count). The number of aliphatic hydroxyl groups excluding tert-OH is 1. The van der Waals surface area contributed by atoms with Crippen LogP contribution in [0.2, 0.25) is 0 Å². The fraction of sp³-hybridized carbons (Fsp3) is 0.500. The van der Waals surface area contributed by atoms with Gasteiger partial charge in [-0.3, -0.25) is 9.80 Å². The SMILES string of the molecule is Cc1ccccc1CN(CCN1CCOCC1)C[C@H](O)COCc1ccccc1. The third-order valence-corrected chi connectivity index (χ3v) is 5.38. The minimum Gasteiger partial charge on any atom is -0.389 e. The van der Waals surface area contributed by atoms with E-state index in [4.69, 9.17) is 9.47 Å². The van der Waals surface area contributed by atoms with Gasteiger partial charge < -0.3 is 14.6 Å². The second-order valence-corrected chi connectivity index (χ2v) is 7.77. The summed E-state index contributed by atoms with van der Waals surface area (Å²) in [4.78, 5) is 4.78. The highest BCUT2D eigenvalue weighted by atomic mass is 16.5. The number of hydrogen-bond acceptors (Lipinski definition) is 5. The molecule has 1 N–H and O–H groups in total. The van der Waals surface area contributed by atoms with Crippen molar-refractivity contribution in [1.82, 2.24) is 9.80 Å². The molecular formula is C24H34N2O3. The van der Waals surface area contributed by atoms with E-state index in [1.807, 2.05) is 30.3 Å². The summed E-state index contributed by atoms with van der Waals surface area (Å²) in [6.07, 6.45) is -0.507. The first kappa shape index (κ1) is 21.9. The van der Waals surface area contributed by atoms with E-state index in [0.29, 0.717) is 19.8 Å². The van der Waals surface area contributed by atoms with E-state index < -0.39 is 6.10 Å². The molecule has 0 spiro atoms.